The van der Waals surface area contributed by atoms with Crippen LogP contribution in [0.3, 0.4) is 0 Å². The van der Waals surface area contributed by atoms with Crippen LogP contribution >= 0.6 is 0 Å². The minimum Gasteiger partial charge on any atom is -0.398 e. The van der Waals surface area contributed by atoms with Gasteiger partial charge in [0.25, 0.3) is 0 Å². The lowest BCUT2D eigenvalue weighted by atomic mass is 9.98. The number of halogens is 2. The number of nitrogens with two attached hydrogens (primary N) is 1. The molecule has 1 unspecified atom stereocenters. The van der Waals surface area contributed by atoms with Crippen molar-refractivity contribution in [1.29, 1.82) is 0 Å². The van der Waals surface area contributed by atoms with Crippen molar-refractivity contribution in [1.82, 2.24) is 10.3 Å². The lowest BCUT2D eigenvalue weighted by Crippen LogP contribution is -2.25. The van der Waals surface area contributed by atoms with Gasteiger partial charge in [0.15, 0.2) is 0 Å². The summed E-state index contributed by atoms with van der Waals surface area (Å²) in [5, 5.41) is 3.34. The number of nitrogen functional groups attached to an aromatic ring is 1. The molecule has 0 bridgehead atoms. The van der Waals surface area contributed by atoms with Gasteiger partial charge in [-0.15, -0.1) is 0 Å². The van der Waals surface area contributed by atoms with E-state index in [0.29, 0.717) is 17.7 Å². The SMILES string of the molecule is CCCNC(Cc1ccc(F)cc1F)c1cnccc1N. The van der Waals surface area contributed by atoms with E-state index in [1.807, 2.05) is 0 Å². The van der Waals surface area contributed by atoms with Gasteiger partial charge in [0.2, 0.25) is 0 Å². The maximum atomic E-state index is 13.8. The molecular formula is C16H19F2N3. The number of pyridine rings is 1. The van der Waals surface area contributed by atoms with Crippen LogP contribution in [0.5, 0.6) is 0 Å². The van der Waals surface area contributed by atoms with Gasteiger partial charge in [-0.05, 0) is 37.1 Å². The molecule has 0 spiro atoms. The van der Waals surface area contributed by atoms with Crippen LogP contribution in [0.25, 0.3) is 0 Å². The molecule has 1 aromatic carbocycles. The van der Waals surface area contributed by atoms with Crippen molar-refractivity contribution in [3.8, 4) is 0 Å². The highest BCUT2D eigenvalue weighted by atomic mass is 19.1. The number of anilines is 1. The molecule has 3 N–H and O–H groups in total. The van der Waals surface area contributed by atoms with E-state index >= 15 is 0 Å². The minimum atomic E-state index is -0.574. The number of nitrogens with one attached hydrogen (secondary N) is 1. The summed E-state index contributed by atoms with van der Waals surface area (Å²) < 4.78 is 26.8. The first-order valence-electron chi connectivity index (χ1n) is 6.98. The fraction of sp³-hybridized carbons (Fsp3) is 0.312. The molecule has 5 heteroatoms. The van der Waals surface area contributed by atoms with Crippen molar-refractivity contribution >= 4 is 5.69 Å². The zero-order valence-corrected chi connectivity index (χ0v) is 11.9. The molecule has 0 radical (unpaired) electrons. The van der Waals surface area contributed by atoms with E-state index in [1.54, 1.807) is 18.5 Å². The van der Waals surface area contributed by atoms with Gasteiger partial charge in [0.1, 0.15) is 11.6 Å². The van der Waals surface area contributed by atoms with Crippen LogP contribution < -0.4 is 11.1 Å². The molecule has 21 heavy (non-hydrogen) atoms. The van der Waals surface area contributed by atoms with Crippen molar-refractivity contribution in [3.05, 3.63) is 59.4 Å². The lowest BCUT2D eigenvalue weighted by molar-refractivity contribution is 0.508. The number of rotatable bonds is 6. The van der Waals surface area contributed by atoms with Crippen LogP contribution in [0.4, 0.5) is 14.5 Å². The quantitative estimate of drug-likeness (QED) is 0.859. The summed E-state index contributed by atoms with van der Waals surface area (Å²) in [7, 11) is 0. The molecular weight excluding hydrogens is 272 g/mol. The molecule has 2 aromatic rings. The van der Waals surface area contributed by atoms with E-state index in [4.69, 9.17) is 5.73 Å². The van der Waals surface area contributed by atoms with E-state index in [1.165, 1.54) is 12.1 Å². The Kier molecular flexibility index (Phi) is 5.22. The number of benzene rings is 1. The largest absolute Gasteiger partial charge is 0.398 e. The molecule has 0 saturated carbocycles. The van der Waals surface area contributed by atoms with Crippen molar-refractivity contribution in [3.63, 3.8) is 0 Å². The van der Waals surface area contributed by atoms with Crippen LogP contribution in [-0.4, -0.2) is 11.5 Å². The van der Waals surface area contributed by atoms with Crippen LogP contribution in [0.15, 0.2) is 36.7 Å². The summed E-state index contributed by atoms with van der Waals surface area (Å²) in [4.78, 5) is 4.08. The standard InChI is InChI=1S/C16H19F2N3/c1-2-6-21-16(13-10-20-7-5-15(13)19)8-11-3-4-12(17)9-14(11)18/h3-5,7,9-10,16,21H,2,6,8H2,1H3,(H2,19,20). The van der Waals surface area contributed by atoms with Crippen molar-refractivity contribution < 1.29 is 8.78 Å². The first-order chi connectivity index (χ1) is 10.1. The van der Waals surface area contributed by atoms with E-state index in [9.17, 15) is 8.78 Å². The molecule has 1 atom stereocenters. The van der Waals surface area contributed by atoms with Gasteiger partial charge < -0.3 is 11.1 Å². The third-order valence-corrected chi connectivity index (χ3v) is 3.34. The monoisotopic (exact) mass is 291 g/mol. The summed E-state index contributed by atoms with van der Waals surface area (Å²) in [6.07, 6.45) is 4.64. The number of nitrogens with zero attached hydrogens (tertiary/aromatic N) is 1. The normalized spacial score (nSPS) is 12.3. The van der Waals surface area contributed by atoms with E-state index in [2.05, 4.69) is 17.2 Å². The smallest absolute Gasteiger partial charge is 0.129 e. The highest BCUT2D eigenvalue weighted by Gasteiger charge is 2.16. The second-order valence-corrected chi connectivity index (χ2v) is 4.95. The third-order valence-electron chi connectivity index (χ3n) is 3.34. The van der Waals surface area contributed by atoms with E-state index in [-0.39, 0.29) is 6.04 Å². The third kappa shape index (κ3) is 3.98. The van der Waals surface area contributed by atoms with E-state index < -0.39 is 11.6 Å². The summed E-state index contributed by atoms with van der Waals surface area (Å²) >= 11 is 0. The zero-order valence-electron chi connectivity index (χ0n) is 11.9. The number of hydrogen-bond acceptors (Lipinski definition) is 3. The maximum Gasteiger partial charge on any atom is 0.129 e. The second kappa shape index (κ2) is 7.13. The average Bonchev–Trinajstić information content (AvgIpc) is 2.46. The Bertz CT molecular complexity index is 602. The predicted molar refractivity (Wildman–Crippen MR) is 79.7 cm³/mol. The Morgan fingerprint density at radius 2 is 2.10 bits per heavy atom. The number of hydrogen-bond donors (Lipinski definition) is 2. The van der Waals surface area contributed by atoms with Crippen LogP contribution in [0, 0.1) is 11.6 Å². The van der Waals surface area contributed by atoms with Crippen LogP contribution in [0.2, 0.25) is 0 Å². The van der Waals surface area contributed by atoms with E-state index in [0.717, 1.165) is 24.6 Å². The Labute approximate surface area is 123 Å². The summed E-state index contributed by atoms with van der Waals surface area (Å²) in [6, 6.07) is 5.20. The van der Waals surface area contributed by atoms with Gasteiger partial charge in [0.05, 0.1) is 0 Å². The molecule has 0 fully saturated rings. The van der Waals surface area contributed by atoms with Gasteiger partial charge in [0, 0.05) is 35.8 Å². The Morgan fingerprint density at radius 1 is 1.29 bits per heavy atom. The van der Waals surface area contributed by atoms with Crippen molar-refractivity contribution in [2.24, 2.45) is 0 Å². The van der Waals surface area contributed by atoms with Crippen LogP contribution in [-0.2, 0) is 6.42 Å². The fourth-order valence-electron chi connectivity index (χ4n) is 2.23. The van der Waals surface area contributed by atoms with Crippen LogP contribution in [0.1, 0.15) is 30.5 Å². The Hall–Kier alpha value is -2.01. The molecule has 0 saturated heterocycles. The predicted octanol–water partition coefficient (Wildman–Crippen LogP) is 3.23. The van der Waals surface area contributed by atoms with Gasteiger partial charge >= 0.3 is 0 Å². The molecule has 112 valence electrons. The first-order valence-corrected chi connectivity index (χ1v) is 6.98. The molecule has 0 aliphatic carbocycles. The summed E-state index contributed by atoms with van der Waals surface area (Å²) in [5.41, 5.74) is 7.87. The molecule has 0 aliphatic heterocycles. The summed E-state index contributed by atoms with van der Waals surface area (Å²) in [5.74, 6) is -1.11. The lowest BCUT2D eigenvalue weighted by Gasteiger charge is -2.20. The van der Waals surface area contributed by atoms with Gasteiger partial charge in [-0.1, -0.05) is 13.0 Å². The fourth-order valence-corrected chi connectivity index (χ4v) is 2.23. The second-order valence-electron chi connectivity index (χ2n) is 4.95. The van der Waals surface area contributed by atoms with Crippen molar-refractivity contribution in [2.45, 2.75) is 25.8 Å². The van der Waals surface area contributed by atoms with Gasteiger partial charge in [-0.2, -0.15) is 0 Å². The zero-order chi connectivity index (χ0) is 15.2. The first kappa shape index (κ1) is 15.4. The summed E-state index contributed by atoms with van der Waals surface area (Å²) in [6.45, 7) is 2.83. The van der Waals surface area contributed by atoms with Gasteiger partial charge in [-0.3, -0.25) is 4.98 Å². The highest BCUT2D eigenvalue weighted by molar-refractivity contribution is 5.46. The molecule has 0 aliphatic rings. The topological polar surface area (TPSA) is 50.9 Å². The maximum absolute atomic E-state index is 13.8. The average molecular weight is 291 g/mol. The molecule has 2 rings (SSSR count). The highest BCUT2D eigenvalue weighted by Crippen LogP contribution is 2.24. The van der Waals surface area contributed by atoms with Crippen molar-refractivity contribution in [2.75, 3.05) is 12.3 Å². The Morgan fingerprint density at radius 3 is 2.76 bits per heavy atom. The van der Waals surface area contributed by atoms with Gasteiger partial charge in [-0.25, -0.2) is 8.78 Å². The number of aromatic nitrogens is 1. The minimum absolute atomic E-state index is 0.154. The molecule has 0 amide bonds. The molecule has 1 aromatic heterocycles. The molecule has 1 heterocycles. The molecule has 3 nitrogen and oxygen atoms in total. The Balaban J connectivity index is 2.26.